The maximum absolute atomic E-state index is 12.2. The van der Waals surface area contributed by atoms with Crippen molar-refractivity contribution in [1.29, 1.82) is 0 Å². The number of aromatic nitrogens is 2. The summed E-state index contributed by atoms with van der Waals surface area (Å²) in [6.07, 6.45) is 3.87. The number of aryl methyl sites for hydroxylation is 4. The van der Waals surface area contributed by atoms with E-state index >= 15 is 0 Å². The molecule has 0 radical (unpaired) electrons. The molecule has 1 aromatic heterocycles. The minimum Gasteiger partial charge on any atom is -1.00 e. The summed E-state index contributed by atoms with van der Waals surface area (Å²) in [5, 5.41) is 3.02. The normalized spacial score (nSPS) is 10.1. The zero-order valence-electron chi connectivity index (χ0n) is 13.2. The second-order valence-electron chi connectivity index (χ2n) is 5.41. The molecular weight excluding hydrogens is 286 g/mol. The van der Waals surface area contributed by atoms with E-state index in [0.29, 0.717) is 6.54 Å². The molecule has 0 spiro atoms. The second kappa shape index (κ2) is 6.76. The van der Waals surface area contributed by atoms with E-state index < -0.39 is 0 Å². The summed E-state index contributed by atoms with van der Waals surface area (Å²) in [4.78, 5) is 12.2. The molecule has 0 bridgehead atoms. The van der Waals surface area contributed by atoms with Crippen LogP contribution in [0.25, 0.3) is 0 Å². The molecule has 2 aromatic rings. The molecule has 0 unspecified atom stereocenters. The number of rotatable bonds is 3. The Labute approximate surface area is 132 Å². The Hall–Kier alpha value is -1.81. The molecule has 2 rings (SSSR count). The van der Waals surface area contributed by atoms with Gasteiger partial charge < -0.3 is 17.7 Å². The van der Waals surface area contributed by atoms with Crippen LogP contribution in [0.4, 0.5) is 5.69 Å². The Bertz CT molecular complexity index is 639. The summed E-state index contributed by atoms with van der Waals surface area (Å²) < 4.78 is 3.93. The molecule has 0 saturated carbocycles. The molecule has 114 valence electrons. The van der Waals surface area contributed by atoms with Gasteiger partial charge in [0.15, 0.2) is 6.54 Å². The summed E-state index contributed by atoms with van der Waals surface area (Å²) in [6.45, 7) is 8.44. The average Bonchev–Trinajstić information content (AvgIpc) is 2.66. The van der Waals surface area contributed by atoms with Gasteiger partial charge in [0, 0.05) is 12.6 Å². The molecule has 0 aliphatic rings. The van der Waals surface area contributed by atoms with Crippen LogP contribution in [0.1, 0.15) is 22.5 Å². The number of carbonyl (C=O) groups is 1. The van der Waals surface area contributed by atoms with Crippen molar-refractivity contribution in [2.45, 2.75) is 34.2 Å². The summed E-state index contributed by atoms with van der Waals surface area (Å²) in [5.41, 5.74) is 4.34. The Balaban J connectivity index is 0.00000220. The van der Waals surface area contributed by atoms with Crippen LogP contribution in [-0.2, 0) is 18.4 Å². The van der Waals surface area contributed by atoms with Gasteiger partial charge in [-0.25, -0.2) is 9.13 Å². The van der Waals surface area contributed by atoms with Crippen molar-refractivity contribution in [3.8, 4) is 0 Å². The molecule has 1 aromatic carbocycles. The van der Waals surface area contributed by atoms with Crippen LogP contribution in [0.2, 0.25) is 0 Å². The third-order valence-corrected chi connectivity index (χ3v) is 3.65. The van der Waals surface area contributed by atoms with Crippen LogP contribution in [0.5, 0.6) is 0 Å². The first-order chi connectivity index (χ1) is 9.38. The first kappa shape index (κ1) is 17.2. The van der Waals surface area contributed by atoms with Crippen molar-refractivity contribution in [3.63, 3.8) is 0 Å². The fourth-order valence-corrected chi connectivity index (χ4v) is 2.48. The zero-order chi connectivity index (χ0) is 14.9. The van der Waals surface area contributed by atoms with Crippen molar-refractivity contribution in [3.05, 3.63) is 47.0 Å². The lowest BCUT2D eigenvalue weighted by Gasteiger charge is -2.12. The molecular formula is C16H22ClN3O. The van der Waals surface area contributed by atoms with Gasteiger partial charge in [-0.05, 0) is 31.9 Å². The molecule has 1 N–H and O–H groups in total. The van der Waals surface area contributed by atoms with Crippen molar-refractivity contribution < 1.29 is 21.8 Å². The van der Waals surface area contributed by atoms with Crippen LogP contribution >= 0.6 is 0 Å². The van der Waals surface area contributed by atoms with Crippen LogP contribution in [-0.4, -0.2) is 10.5 Å². The second-order valence-corrected chi connectivity index (χ2v) is 5.41. The van der Waals surface area contributed by atoms with E-state index in [2.05, 4.69) is 24.4 Å². The van der Waals surface area contributed by atoms with E-state index in [-0.39, 0.29) is 18.3 Å². The quantitative estimate of drug-likeness (QED) is 0.740. The maximum atomic E-state index is 12.2. The van der Waals surface area contributed by atoms with Gasteiger partial charge in [0.05, 0.1) is 7.05 Å². The van der Waals surface area contributed by atoms with E-state index in [0.717, 1.165) is 22.6 Å². The lowest BCUT2D eigenvalue weighted by atomic mass is 10.1. The minimum absolute atomic E-state index is 0. The third kappa shape index (κ3) is 3.85. The van der Waals surface area contributed by atoms with Crippen molar-refractivity contribution >= 4 is 11.6 Å². The highest BCUT2D eigenvalue weighted by Gasteiger charge is 2.14. The molecule has 0 aliphatic carbocycles. The molecule has 0 atom stereocenters. The molecule has 0 aliphatic heterocycles. The van der Waals surface area contributed by atoms with Crippen LogP contribution < -0.4 is 22.3 Å². The number of hydrogen-bond donors (Lipinski definition) is 1. The first-order valence-corrected chi connectivity index (χ1v) is 6.77. The van der Waals surface area contributed by atoms with E-state index in [1.54, 1.807) is 0 Å². The molecule has 1 heterocycles. The van der Waals surface area contributed by atoms with Crippen LogP contribution in [0.15, 0.2) is 24.5 Å². The number of halogens is 1. The Morgan fingerprint density at radius 3 is 2.24 bits per heavy atom. The van der Waals surface area contributed by atoms with Gasteiger partial charge in [-0.15, -0.1) is 0 Å². The van der Waals surface area contributed by atoms with Gasteiger partial charge >= 0.3 is 0 Å². The zero-order valence-corrected chi connectivity index (χ0v) is 14.0. The molecule has 0 fully saturated rings. The lowest BCUT2D eigenvalue weighted by Crippen LogP contribution is -3.00. The third-order valence-electron chi connectivity index (χ3n) is 3.65. The summed E-state index contributed by atoms with van der Waals surface area (Å²) >= 11 is 0. The number of nitrogens with one attached hydrogen (secondary N) is 1. The Kier molecular flexibility index (Phi) is 5.55. The number of anilines is 1. The van der Waals surface area contributed by atoms with Crippen molar-refractivity contribution in [2.75, 3.05) is 5.32 Å². The van der Waals surface area contributed by atoms with Gasteiger partial charge in [0.2, 0.25) is 0 Å². The van der Waals surface area contributed by atoms with E-state index in [4.69, 9.17) is 0 Å². The molecule has 0 saturated heterocycles. The highest BCUT2D eigenvalue weighted by molar-refractivity contribution is 5.92. The lowest BCUT2D eigenvalue weighted by molar-refractivity contribution is -0.677. The smallest absolute Gasteiger partial charge is 0.266 e. The monoisotopic (exact) mass is 307 g/mol. The molecule has 21 heavy (non-hydrogen) atoms. The number of amides is 1. The summed E-state index contributed by atoms with van der Waals surface area (Å²) in [5.74, 6) is 1.05. The van der Waals surface area contributed by atoms with Gasteiger partial charge in [-0.3, -0.25) is 4.79 Å². The standard InChI is InChI=1S/C16H21N3O.ClH/c1-11-8-12(2)16(13(3)9-11)17-15(20)10-19-7-6-18(5)14(19)4;/h6-9H,10H2,1-5H3;1H. The predicted octanol–water partition coefficient (Wildman–Crippen LogP) is -0.811. The van der Waals surface area contributed by atoms with Gasteiger partial charge in [0.25, 0.3) is 11.7 Å². The van der Waals surface area contributed by atoms with Crippen molar-refractivity contribution in [2.24, 2.45) is 7.05 Å². The topological polar surface area (TPSA) is 37.9 Å². The molecule has 1 amide bonds. The number of benzene rings is 1. The average molecular weight is 308 g/mol. The largest absolute Gasteiger partial charge is 1.00 e. The van der Waals surface area contributed by atoms with E-state index in [1.165, 1.54) is 5.56 Å². The van der Waals surface area contributed by atoms with Crippen LogP contribution in [0.3, 0.4) is 0 Å². The summed E-state index contributed by atoms with van der Waals surface area (Å²) in [6, 6.07) is 4.17. The Morgan fingerprint density at radius 1 is 1.19 bits per heavy atom. The number of nitrogens with zero attached hydrogens (tertiary/aromatic N) is 2. The van der Waals surface area contributed by atoms with Crippen molar-refractivity contribution in [1.82, 2.24) is 4.57 Å². The number of hydrogen-bond acceptors (Lipinski definition) is 1. The highest BCUT2D eigenvalue weighted by atomic mass is 35.5. The molecule has 5 heteroatoms. The summed E-state index contributed by atoms with van der Waals surface area (Å²) in [7, 11) is 1.97. The maximum Gasteiger partial charge on any atom is 0.266 e. The van der Waals surface area contributed by atoms with Gasteiger partial charge in [-0.1, -0.05) is 17.7 Å². The first-order valence-electron chi connectivity index (χ1n) is 6.77. The number of carbonyl (C=O) groups excluding carboxylic acids is 1. The fraction of sp³-hybridized carbons (Fsp3) is 0.375. The SMILES string of the molecule is Cc1cc(C)c(NC(=O)Cn2cc[n+](C)c2C)c(C)c1.[Cl-]. The molecule has 4 nitrogen and oxygen atoms in total. The van der Waals surface area contributed by atoms with Gasteiger partial charge in [-0.2, -0.15) is 0 Å². The number of imidazole rings is 1. The van der Waals surface area contributed by atoms with Crippen LogP contribution in [0, 0.1) is 27.7 Å². The van der Waals surface area contributed by atoms with Gasteiger partial charge in [0.1, 0.15) is 12.4 Å². The minimum atomic E-state index is -0.000599. The predicted molar refractivity (Wildman–Crippen MR) is 79.6 cm³/mol. The highest BCUT2D eigenvalue weighted by Crippen LogP contribution is 2.21. The fourth-order valence-electron chi connectivity index (χ4n) is 2.48. The Morgan fingerprint density at radius 2 is 1.76 bits per heavy atom. The van der Waals surface area contributed by atoms with E-state index in [9.17, 15) is 4.79 Å². The van der Waals surface area contributed by atoms with E-state index in [1.807, 2.05) is 49.3 Å².